The lowest BCUT2D eigenvalue weighted by molar-refractivity contribution is 0.0690. The van der Waals surface area contributed by atoms with Crippen LogP contribution < -0.4 is 5.32 Å². The highest BCUT2D eigenvalue weighted by atomic mass is 16.5. The summed E-state index contributed by atoms with van der Waals surface area (Å²) in [5, 5.41) is 11.6. The van der Waals surface area contributed by atoms with Crippen LogP contribution in [0.2, 0.25) is 0 Å². The highest BCUT2D eigenvalue weighted by molar-refractivity contribution is 5.85. The van der Waals surface area contributed by atoms with Crippen molar-refractivity contribution < 1.29 is 19.1 Å². The standard InChI is InChI=1S/C12H12N2O4/c1-17-6-8-4-2-3-5-9(8)13-12-14-10(7-18-12)11(15)16/h2-5,7H,6H2,1H3,(H,13,14)(H,15,16). The lowest BCUT2D eigenvalue weighted by Gasteiger charge is -2.08. The fourth-order valence-electron chi connectivity index (χ4n) is 1.47. The molecule has 0 fully saturated rings. The van der Waals surface area contributed by atoms with Crippen molar-refractivity contribution in [2.24, 2.45) is 0 Å². The van der Waals surface area contributed by atoms with E-state index in [4.69, 9.17) is 14.3 Å². The highest BCUT2D eigenvalue weighted by Crippen LogP contribution is 2.21. The maximum Gasteiger partial charge on any atom is 0.357 e. The number of aromatic carboxylic acids is 1. The summed E-state index contributed by atoms with van der Waals surface area (Å²) in [7, 11) is 1.60. The highest BCUT2D eigenvalue weighted by Gasteiger charge is 2.11. The molecule has 1 heterocycles. The van der Waals surface area contributed by atoms with E-state index in [1.54, 1.807) is 7.11 Å². The van der Waals surface area contributed by atoms with Crippen LogP contribution in [0.4, 0.5) is 11.7 Å². The number of benzene rings is 1. The molecule has 0 radical (unpaired) electrons. The summed E-state index contributed by atoms with van der Waals surface area (Å²) in [6.07, 6.45) is 1.09. The SMILES string of the molecule is COCc1ccccc1Nc1nc(C(=O)O)co1. The van der Waals surface area contributed by atoms with Crippen LogP contribution in [0.25, 0.3) is 0 Å². The summed E-state index contributed by atoms with van der Waals surface area (Å²) in [6, 6.07) is 7.60. The molecule has 0 aliphatic carbocycles. The number of aromatic nitrogens is 1. The van der Waals surface area contributed by atoms with Crippen LogP contribution in [-0.4, -0.2) is 23.2 Å². The minimum atomic E-state index is -1.13. The van der Waals surface area contributed by atoms with Crippen molar-refractivity contribution in [3.63, 3.8) is 0 Å². The summed E-state index contributed by atoms with van der Waals surface area (Å²) in [5.41, 5.74) is 1.55. The van der Waals surface area contributed by atoms with Crippen LogP contribution in [0.5, 0.6) is 0 Å². The normalized spacial score (nSPS) is 10.3. The number of hydrogen-bond donors (Lipinski definition) is 2. The minimum absolute atomic E-state index is 0.135. The Morgan fingerprint density at radius 1 is 1.50 bits per heavy atom. The van der Waals surface area contributed by atoms with E-state index in [1.807, 2.05) is 24.3 Å². The Labute approximate surface area is 103 Å². The van der Waals surface area contributed by atoms with Gasteiger partial charge in [-0.2, -0.15) is 4.98 Å². The number of carboxylic acid groups (broad SMARTS) is 1. The van der Waals surface area contributed by atoms with E-state index in [0.717, 1.165) is 17.5 Å². The van der Waals surface area contributed by atoms with Gasteiger partial charge in [-0.3, -0.25) is 0 Å². The van der Waals surface area contributed by atoms with Gasteiger partial charge in [0.15, 0.2) is 5.69 Å². The molecule has 0 aliphatic heterocycles. The molecule has 0 saturated heterocycles. The van der Waals surface area contributed by atoms with E-state index in [-0.39, 0.29) is 11.7 Å². The van der Waals surface area contributed by atoms with Gasteiger partial charge >= 0.3 is 5.97 Å². The molecule has 6 nitrogen and oxygen atoms in total. The van der Waals surface area contributed by atoms with E-state index in [1.165, 1.54) is 0 Å². The quantitative estimate of drug-likeness (QED) is 0.844. The third-order valence-corrected chi connectivity index (χ3v) is 2.28. The Kier molecular flexibility index (Phi) is 3.59. The van der Waals surface area contributed by atoms with Crippen molar-refractivity contribution in [3.05, 3.63) is 41.8 Å². The molecule has 2 N–H and O–H groups in total. The van der Waals surface area contributed by atoms with Crippen LogP contribution in [-0.2, 0) is 11.3 Å². The Bertz CT molecular complexity index is 551. The number of anilines is 2. The number of nitrogens with one attached hydrogen (secondary N) is 1. The predicted octanol–water partition coefficient (Wildman–Crippen LogP) is 2.26. The first-order chi connectivity index (χ1) is 8.70. The molecular formula is C12H12N2O4. The molecule has 0 bridgehead atoms. The van der Waals surface area contributed by atoms with Crippen molar-refractivity contribution in [1.82, 2.24) is 4.98 Å². The van der Waals surface area contributed by atoms with E-state index >= 15 is 0 Å². The number of ether oxygens (including phenoxy) is 1. The first-order valence-electron chi connectivity index (χ1n) is 5.23. The van der Waals surface area contributed by atoms with E-state index in [0.29, 0.717) is 6.61 Å². The maximum atomic E-state index is 10.7. The van der Waals surface area contributed by atoms with Crippen LogP contribution in [0.15, 0.2) is 34.9 Å². The first kappa shape index (κ1) is 12.1. The molecular weight excluding hydrogens is 236 g/mol. The van der Waals surface area contributed by atoms with Gasteiger partial charge in [0.05, 0.1) is 6.61 Å². The third kappa shape index (κ3) is 2.67. The maximum absolute atomic E-state index is 10.7. The summed E-state index contributed by atoms with van der Waals surface area (Å²) < 4.78 is 10.1. The molecule has 94 valence electrons. The first-order valence-corrected chi connectivity index (χ1v) is 5.23. The molecule has 1 aromatic heterocycles. The lowest BCUT2D eigenvalue weighted by atomic mass is 10.2. The number of carbonyl (C=O) groups is 1. The summed E-state index contributed by atoms with van der Waals surface area (Å²) in [6.45, 7) is 0.440. The van der Waals surface area contributed by atoms with Gasteiger partial charge in [0.2, 0.25) is 0 Å². The van der Waals surface area contributed by atoms with Crippen molar-refractivity contribution in [1.29, 1.82) is 0 Å². The Hall–Kier alpha value is -2.34. The van der Waals surface area contributed by atoms with Gasteiger partial charge in [0, 0.05) is 18.4 Å². The number of oxazole rings is 1. The van der Waals surface area contributed by atoms with Crippen molar-refractivity contribution in [2.75, 3.05) is 12.4 Å². The van der Waals surface area contributed by atoms with Crippen LogP contribution in [0.1, 0.15) is 16.1 Å². The van der Waals surface area contributed by atoms with Gasteiger partial charge in [-0.25, -0.2) is 4.79 Å². The summed E-state index contributed by atoms with van der Waals surface area (Å²) in [4.78, 5) is 14.5. The Morgan fingerprint density at radius 2 is 2.28 bits per heavy atom. The Morgan fingerprint density at radius 3 is 2.94 bits per heavy atom. The fraction of sp³-hybridized carbons (Fsp3) is 0.167. The van der Waals surface area contributed by atoms with E-state index < -0.39 is 5.97 Å². The second kappa shape index (κ2) is 5.33. The zero-order valence-corrected chi connectivity index (χ0v) is 9.71. The van der Waals surface area contributed by atoms with Crippen molar-refractivity contribution in [2.45, 2.75) is 6.61 Å². The molecule has 6 heteroatoms. The molecule has 18 heavy (non-hydrogen) atoms. The second-order valence-electron chi connectivity index (χ2n) is 3.56. The van der Waals surface area contributed by atoms with Crippen molar-refractivity contribution in [3.8, 4) is 0 Å². The number of para-hydroxylation sites is 1. The van der Waals surface area contributed by atoms with E-state index in [9.17, 15) is 4.79 Å². The molecule has 0 spiro atoms. The zero-order valence-electron chi connectivity index (χ0n) is 9.71. The zero-order chi connectivity index (χ0) is 13.0. The van der Waals surface area contributed by atoms with E-state index in [2.05, 4.69) is 10.3 Å². The molecule has 2 rings (SSSR count). The molecule has 0 saturated carbocycles. The number of rotatable bonds is 5. The third-order valence-electron chi connectivity index (χ3n) is 2.28. The molecule has 0 aliphatic rings. The predicted molar refractivity (Wildman–Crippen MR) is 63.9 cm³/mol. The van der Waals surface area contributed by atoms with Crippen LogP contribution in [0, 0.1) is 0 Å². The van der Waals surface area contributed by atoms with Gasteiger partial charge in [-0.05, 0) is 6.07 Å². The molecule has 0 unspecified atom stereocenters. The van der Waals surface area contributed by atoms with Crippen molar-refractivity contribution >= 4 is 17.7 Å². The van der Waals surface area contributed by atoms with Gasteiger partial charge in [-0.15, -0.1) is 0 Å². The molecule has 1 aromatic carbocycles. The van der Waals surface area contributed by atoms with Gasteiger partial charge in [0.25, 0.3) is 6.01 Å². The molecule has 0 atom stereocenters. The van der Waals surface area contributed by atoms with Gasteiger partial charge in [-0.1, -0.05) is 18.2 Å². The summed E-state index contributed by atoms with van der Waals surface area (Å²) >= 11 is 0. The minimum Gasteiger partial charge on any atom is -0.476 e. The smallest absolute Gasteiger partial charge is 0.357 e. The summed E-state index contributed by atoms with van der Waals surface area (Å²) in [5.74, 6) is -1.13. The second-order valence-corrected chi connectivity index (χ2v) is 3.56. The largest absolute Gasteiger partial charge is 0.476 e. The number of methoxy groups -OCH3 is 1. The monoisotopic (exact) mass is 248 g/mol. The number of carboxylic acids is 1. The van der Waals surface area contributed by atoms with Gasteiger partial charge < -0.3 is 19.6 Å². The van der Waals surface area contributed by atoms with Gasteiger partial charge in [0.1, 0.15) is 6.26 Å². The fourth-order valence-corrected chi connectivity index (χ4v) is 1.47. The number of hydrogen-bond acceptors (Lipinski definition) is 5. The Balaban J connectivity index is 2.19. The molecule has 2 aromatic rings. The average molecular weight is 248 g/mol. The van der Waals surface area contributed by atoms with Crippen LogP contribution in [0.3, 0.4) is 0 Å². The van der Waals surface area contributed by atoms with Crippen LogP contribution >= 0.6 is 0 Å². The molecule has 0 amide bonds. The topological polar surface area (TPSA) is 84.6 Å². The number of nitrogens with zero attached hydrogens (tertiary/aromatic N) is 1. The average Bonchev–Trinajstić information content (AvgIpc) is 2.81. The lowest BCUT2D eigenvalue weighted by Crippen LogP contribution is -1.99.